The molecule has 0 unspecified atom stereocenters. The molecule has 0 bridgehead atoms. The van der Waals surface area contributed by atoms with Gasteiger partial charge in [0.15, 0.2) is 0 Å². The molecule has 1 aromatic heterocycles. The standard InChI is InChI=1S/C13H15N3/c1-9-3-4-12(10(2)7-9)16-13-5-6-15-8-11(13)14/h3-8H,14H2,1-2H3,(H,15,16). The summed E-state index contributed by atoms with van der Waals surface area (Å²) in [5.41, 5.74) is 10.9. The molecule has 0 radical (unpaired) electrons. The van der Waals surface area contributed by atoms with E-state index in [4.69, 9.17) is 5.73 Å². The number of rotatable bonds is 2. The van der Waals surface area contributed by atoms with Gasteiger partial charge >= 0.3 is 0 Å². The molecular formula is C13H15N3. The molecule has 1 heterocycles. The Bertz CT molecular complexity index is 506. The lowest BCUT2D eigenvalue weighted by atomic mass is 10.1. The lowest BCUT2D eigenvalue weighted by Gasteiger charge is -2.11. The van der Waals surface area contributed by atoms with Gasteiger partial charge in [-0.1, -0.05) is 17.7 Å². The number of pyridine rings is 1. The van der Waals surface area contributed by atoms with E-state index >= 15 is 0 Å². The molecule has 3 nitrogen and oxygen atoms in total. The van der Waals surface area contributed by atoms with Gasteiger partial charge < -0.3 is 11.1 Å². The van der Waals surface area contributed by atoms with Crippen molar-refractivity contribution < 1.29 is 0 Å². The number of aryl methyl sites for hydroxylation is 2. The van der Waals surface area contributed by atoms with Crippen molar-refractivity contribution in [3.63, 3.8) is 0 Å². The predicted molar refractivity (Wildman–Crippen MR) is 67.8 cm³/mol. The number of nitrogens with zero attached hydrogens (tertiary/aromatic N) is 1. The number of anilines is 3. The van der Waals surface area contributed by atoms with Crippen molar-refractivity contribution in [1.29, 1.82) is 0 Å². The topological polar surface area (TPSA) is 50.9 Å². The van der Waals surface area contributed by atoms with Crippen molar-refractivity contribution in [2.45, 2.75) is 13.8 Å². The van der Waals surface area contributed by atoms with Crippen molar-refractivity contribution in [3.05, 3.63) is 47.8 Å². The first-order valence-corrected chi connectivity index (χ1v) is 5.20. The smallest absolute Gasteiger partial charge is 0.0739 e. The number of hydrogen-bond donors (Lipinski definition) is 2. The van der Waals surface area contributed by atoms with Crippen LogP contribution in [0.5, 0.6) is 0 Å². The van der Waals surface area contributed by atoms with Crippen LogP contribution in [0.15, 0.2) is 36.7 Å². The molecule has 0 aliphatic rings. The molecule has 16 heavy (non-hydrogen) atoms. The van der Waals surface area contributed by atoms with Crippen molar-refractivity contribution in [2.24, 2.45) is 0 Å². The fraction of sp³-hybridized carbons (Fsp3) is 0.154. The monoisotopic (exact) mass is 213 g/mol. The third-order valence-corrected chi connectivity index (χ3v) is 2.50. The van der Waals surface area contributed by atoms with Crippen LogP contribution in [0.25, 0.3) is 0 Å². The average Bonchev–Trinajstić information content (AvgIpc) is 2.25. The van der Waals surface area contributed by atoms with Gasteiger partial charge in [0.25, 0.3) is 0 Å². The zero-order valence-corrected chi connectivity index (χ0v) is 9.49. The Morgan fingerprint density at radius 2 is 1.94 bits per heavy atom. The molecule has 0 atom stereocenters. The highest BCUT2D eigenvalue weighted by atomic mass is 14.9. The molecule has 0 saturated heterocycles. The van der Waals surface area contributed by atoms with Gasteiger partial charge in [-0.2, -0.15) is 0 Å². The second-order valence-corrected chi connectivity index (χ2v) is 3.91. The summed E-state index contributed by atoms with van der Waals surface area (Å²) in [6.45, 7) is 4.16. The lowest BCUT2D eigenvalue weighted by Crippen LogP contribution is -1.98. The Morgan fingerprint density at radius 3 is 2.62 bits per heavy atom. The van der Waals surface area contributed by atoms with Gasteiger partial charge in [0.2, 0.25) is 0 Å². The summed E-state index contributed by atoms with van der Waals surface area (Å²) >= 11 is 0. The molecule has 0 aliphatic carbocycles. The minimum absolute atomic E-state index is 0.655. The Balaban J connectivity index is 2.31. The van der Waals surface area contributed by atoms with E-state index in [0.717, 1.165) is 11.4 Å². The van der Waals surface area contributed by atoms with Crippen molar-refractivity contribution in [2.75, 3.05) is 11.1 Å². The van der Waals surface area contributed by atoms with Gasteiger partial charge in [0.05, 0.1) is 17.6 Å². The number of nitrogen functional groups attached to an aromatic ring is 1. The van der Waals surface area contributed by atoms with E-state index in [9.17, 15) is 0 Å². The van der Waals surface area contributed by atoms with Crippen LogP contribution in [0.3, 0.4) is 0 Å². The number of nitrogens with one attached hydrogen (secondary N) is 1. The maximum atomic E-state index is 5.82. The van der Waals surface area contributed by atoms with Crippen LogP contribution in [-0.2, 0) is 0 Å². The average molecular weight is 213 g/mol. The van der Waals surface area contributed by atoms with Crippen LogP contribution in [0.4, 0.5) is 17.1 Å². The van der Waals surface area contributed by atoms with Crippen molar-refractivity contribution in [3.8, 4) is 0 Å². The highest BCUT2D eigenvalue weighted by molar-refractivity contribution is 5.72. The van der Waals surface area contributed by atoms with Gasteiger partial charge in [0, 0.05) is 11.9 Å². The van der Waals surface area contributed by atoms with Crippen molar-refractivity contribution in [1.82, 2.24) is 4.98 Å². The van der Waals surface area contributed by atoms with E-state index in [1.165, 1.54) is 11.1 Å². The Hall–Kier alpha value is -2.03. The SMILES string of the molecule is Cc1ccc(Nc2ccncc2N)c(C)c1. The van der Waals surface area contributed by atoms with Gasteiger partial charge in [-0.3, -0.25) is 4.98 Å². The van der Waals surface area contributed by atoms with E-state index in [-0.39, 0.29) is 0 Å². The molecule has 2 rings (SSSR count). The third kappa shape index (κ3) is 2.14. The first-order chi connectivity index (χ1) is 7.66. The summed E-state index contributed by atoms with van der Waals surface area (Å²) < 4.78 is 0. The summed E-state index contributed by atoms with van der Waals surface area (Å²) in [7, 11) is 0. The summed E-state index contributed by atoms with van der Waals surface area (Å²) in [5, 5.41) is 3.30. The molecule has 1 aromatic carbocycles. The van der Waals surface area contributed by atoms with E-state index in [1.54, 1.807) is 12.4 Å². The maximum Gasteiger partial charge on any atom is 0.0739 e. The molecule has 0 saturated carbocycles. The zero-order valence-electron chi connectivity index (χ0n) is 9.49. The molecule has 3 heteroatoms. The number of benzene rings is 1. The summed E-state index contributed by atoms with van der Waals surface area (Å²) in [6.07, 6.45) is 3.37. The molecular weight excluding hydrogens is 198 g/mol. The molecule has 0 fully saturated rings. The fourth-order valence-electron chi connectivity index (χ4n) is 1.62. The molecule has 0 amide bonds. The van der Waals surface area contributed by atoms with E-state index < -0.39 is 0 Å². The second kappa shape index (κ2) is 4.23. The van der Waals surface area contributed by atoms with E-state index in [1.807, 2.05) is 6.07 Å². The van der Waals surface area contributed by atoms with Gasteiger partial charge in [-0.15, -0.1) is 0 Å². The maximum absolute atomic E-state index is 5.82. The van der Waals surface area contributed by atoms with Crippen molar-refractivity contribution >= 4 is 17.1 Å². The van der Waals surface area contributed by atoms with E-state index in [2.05, 4.69) is 42.3 Å². The minimum Gasteiger partial charge on any atom is -0.396 e. The quantitative estimate of drug-likeness (QED) is 0.806. The lowest BCUT2D eigenvalue weighted by molar-refractivity contribution is 1.32. The number of nitrogens with two attached hydrogens (primary N) is 1. The van der Waals surface area contributed by atoms with E-state index in [0.29, 0.717) is 5.69 Å². The van der Waals surface area contributed by atoms with Crippen LogP contribution >= 0.6 is 0 Å². The van der Waals surface area contributed by atoms with Crippen LogP contribution in [0, 0.1) is 13.8 Å². The number of aromatic nitrogens is 1. The fourth-order valence-corrected chi connectivity index (χ4v) is 1.62. The van der Waals surface area contributed by atoms with Crippen LogP contribution in [0.1, 0.15) is 11.1 Å². The normalized spacial score (nSPS) is 10.1. The highest BCUT2D eigenvalue weighted by Crippen LogP contribution is 2.24. The van der Waals surface area contributed by atoms with Gasteiger partial charge in [-0.05, 0) is 31.5 Å². The van der Waals surface area contributed by atoms with Crippen LogP contribution in [-0.4, -0.2) is 4.98 Å². The largest absolute Gasteiger partial charge is 0.396 e. The summed E-state index contributed by atoms with van der Waals surface area (Å²) in [4.78, 5) is 3.96. The van der Waals surface area contributed by atoms with Gasteiger partial charge in [-0.25, -0.2) is 0 Å². The Morgan fingerprint density at radius 1 is 1.12 bits per heavy atom. The summed E-state index contributed by atoms with van der Waals surface area (Å²) in [5.74, 6) is 0. The molecule has 3 N–H and O–H groups in total. The molecule has 0 spiro atoms. The van der Waals surface area contributed by atoms with Gasteiger partial charge in [0.1, 0.15) is 0 Å². The van der Waals surface area contributed by atoms with Crippen LogP contribution < -0.4 is 11.1 Å². The molecule has 82 valence electrons. The Labute approximate surface area is 95.3 Å². The highest BCUT2D eigenvalue weighted by Gasteiger charge is 2.01. The van der Waals surface area contributed by atoms with Crippen LogP contribution in [0.2, 0.25) is 0 Å². The minimum atomic E-state index is 0.655. The molecule has 2 aromatic rings. The second-order valence-electron chi connectivity index (χ2n) is 3.91. The molecule has 0 aliphatic heterocycles. The first-order valence-electron chi connectivity index (χ1n) is 5.20. The number of hydrogen-bond acceptors (Lipinski definition) is 3. The zero-order chi connectivity index (χ0) is 11.5. The third-order valence-electron chi connectivity index (χ3n) is 2.50. The first kappa shape index (κ1) is 10.5. The Kier molecular flexibility index (Phi) is 2.77. The summed E-state index contributed by atoms with van der Waals surface area (Å²) in [6, 6.07) is 8.14. The predicted octanol–water partition coefficient (Wildman–Crippen LogP) is 3.02.